The first kappa shape index (κ1) is 20.5. The van der Waals surface area contributed by atoms with Gasteiger partial charge in [0.05, 0.1) is 4.90 Å². The van der Waals surface area contributed by atoms with Crippen molar-refractivity contribution in [2.75, 3.05) is 19.8 Å². The fourth-order valence-corrected chi connectivity index (χ4v) is 4.95. The van der Waals surface area contributed by atoms with Gasteiger partial charge in [0.25, 0.3) is 0 Å². The first-order valence-electron chi connectivity index (χ1n) is 10.7. The van der Waals surface area contributed by atoms with Gasteiger partial charge in [-0.3, -0.25) is 4.79 Å². The second-order valence-electron chi connectivity index (χ2n) is 8.28. The van der Waals surface area contributed by atoms with E-state index in [-0.39, 0.29) is 10.8 Å². The SMILES string of the molecule is O=C(CCCCCNS(=O)(=O)c1ccc2c(c1)OCCO2)NC(C1CC1)C1CC1. The highest BCUT2D eigenvalue weighted by atomic mass is 32.2. The van der Waals surface area contributed by atoms with Gasteiger partial charge in [-0.1, -0.05) is 6.42 Å². The smallest absolute Gasteiger partial charge is 0.240 e. The summed E-state index contributed by atoms with van der Waals surface area (Å²) in [6, 6.07) is 5.05. The van der Waals surface area contributed by atoms with Crippen molar-refractivity contribution in [3.8, 4) is 11.5 Å². The van der Waals surface area contributed by atoms with Gasteiger partial charge in [-0.05, 0) is 62.5 Å². The average Bonchev–Trinajstić information content (AvgIpc) is 3.62. The Kier molecular flexibility index (Phi) is 6.29. The van der Waals surface area contributed by atoms with Crippen LogP contribution in [-0.2, 0) is 14.8 Å². The molecule has 29 heavy (non-hydrogen) atoms. The molecule has 1 aliphatic heterocycles. The van der Waals surface area contributed by atoms with Crippen LogP contribution in [0.4, 0.5) is 0 Å². The largest absolute Gasteiger partial charge is 0.486 e. The van der Waals surface area contributed by atoms with E-state index in [0.29, 0.717) is 62.0 Å². The van der Waals surface area contributed by atoms with Gasteiger partial charge in [0.1, 0.15) is 13.2 Å². The van der Waals surface area contributed by atoms with E-state index in [1.807, 2.05) is 0 Å². The van der Waals surface area contributed by atoms with Crippen LogP contribution in [0.3, 0.4) is 0 Å². The minimum Gasteiger partial charge on any atom is -0.486 e. The lowest BCUT2D eigenvalue weighted by Crippen LogP contribution is -2.37. The molecule has 8 heteroatoms. The highest BCUT2D eigenvalue weighted by Crippen LogP contribution is 2.44. The number of fused-ring (bicyclic) bond motifs is 1. The summed E-state index contributed by atoms with van der Waals surface area (Å²) in [7, 11) is -3.58. The highest BCUT2D eigenvalue weighted by molar-refractivity contribution is 7.89. The summed E-state index contributed by atoms with van der Waals surface area (Å²) >= 11 is 0. The van der Waals surface area contributed by atoms with Crippen LogP contribution in [0.1, 0.15) is 51.4 Å². The topological polar surface area (TPSA) is 93.7 Å². The molecule has 2 fully saturated rings. The Bertz CT molecular complexity index is 821. The minimum atomic E-state index is -3.58. The van der Waals surface area contributed by atoms with Crippen LogP contribution < -0.4 is 19.5 Å². The normalized spacial score (nSPS) is 18.7. The summed E-state index contributed by atoms with van der Waals surface area (Å²) in [5.41, 5.74) is 0. The maximum Gasteiger partial charge on any atom is 0.240 e. The monoisotopic (exact) mass is 422 g/mol. The molecular formula is C21H30N2O5S. The predicted octanol–water partition coefficient (Wildman–Crippen LogP) is 2.60. The zero-order valence-electron chi connectivity index (χ0n) is 16.7. The van der Waals surface area contributed by atoms with Gasteiger partial charge in [-0.15, -0.1) is 0 Å². The van der Waals surface area contributed by atoms with E-state index >= 15 is 0 Å². The van der Waals surface area contributed by atoms with E-state index in [0.717, 1.165) is 12.8 Å². The highest BCUT2D eigenvalue weighted by Gasteiger charge is 2.42. The van der Waals surface area contributed by atoms with E-state index in [4.69, 9.17) is 9.47 Å². The number of amides is 1. The molecule has 0 unspecified atom stereocenters. The average molecular weight is 423 g/mol. The van der Waals surface area contributed by atoms with E-state index in [1.165, 1.54) is 37.8 Å². The molecule has 0 aromatic heterocycles. The van der Waals surface area contributed by atoms with Gasteiger partial charge >= 0.3 is 0 Å². The third-order valence-corrected chi connectivity index (χ3v) is 7.24. The fourth-order valence-electron chi connectivity index (χ4n) is 3.86. The summed E-state index contributed by atoms with van der Waals surface area (Å²) in [6.45, 7) is 1.24. The van der Waals surface area contributed by atoms with Crippen molar-refractivity contribution in [3.05, 3.63) is 18.2 Å². The second kappa shape index (κ2) is 8.92. The van der Waals surface area contributed by atoms with Gasteiger partial charge in [0.2, 0.25) is 15.9 Å². The van der Waals surface area contributed by atoms with Crippen LogP contribution in [0.25, 0.3) is 0 Å². The van der Waals surface area contributed by atoms with Crippen molar-refractivity contribution in [2.24, 2.45) is 11.8 Å². The summed E-state index contributed by atoms with van der Waals surface area (Å²) in [5, 5.41) is 3.23. The summed E-state index contributed by atoms with van der Waals surface area (Å²) < 4.78 is 38.4. The predicted molar refractivity (Wildman–Crippen MR) is 108 cm³/mol. The van der Waals surface area contributed by atoms with Crippen LogP contribution >= 0.6 is 0 Å². The zero-order chi connectivity index (χ0) is 20.3. The van der Waals surface area contributed by atoms with Crippen molar-refractivity contribution in [1.82, 2.24) is 10.0 Å². The number of carbonyl (C=O) groups excluding carboxylic acids is 1. The quantitative estimate of drug-likeness (QED) is 0.535. The van der Waals surface area contributed by atoms with Crippen LogP contribution in [-0.4, -0.2) is 40.1 Å². The molecule has 0 atom stereocenters. The van der Waals surface area contributed by atoms with Gasteiger partial charge in [-0.25, -0.2) is 13.1 Å². The number of rotatable bonds is 11. The van der Waals surface area contributed by atoms with Crippen LogP contribution in [0, 0.1) is 11.8 Å². The molecule has 2 N–H and O–H groups in total. The molecule has 1 aromatic carbocycles. The maximum atomic E-state index is 12.4. The van der Waals surface area contributed by atoms with Crippen molar-refractivity contribution >= 4 is 15.9 Å². The fraction of sp³-hybridized carbons (Fsp3) is 0.667. The number of benzene rings is 1. The molecule has 2 saturated carbocycles. The Balaban J connectivity index is 1.14. The number of sulfonamides is 1. The van der Waals surface area contributed by atoms with Gasteiger partial charge in [0, 0.05) is 25.1 Å². The Morgan fingerprint density at radius 2 is 1.69 bits per heavy atom. The Morgan fingerprint density at radius 3 is 2.38 bits per heavy atom. The van der Waals surface area contributed by atoms with Gasteiger partial charge in [-0.2, -0.15) is 0 Å². The van der Waals surface area contributed by atoms with E-state index in [2.05, 4.69) is 10.0 Å². The van der Waals surface area contributed by atoms with Crippen LogP contribution in [0.5, 0.6) is 11.5 Å². The molecule has 0 radical (unpaired) electrons. The first-order chi connectivity index (χ1) is 14.0. The van der Waals surface area contributed by atoms with E-state index in [1.54, 1.807) is 6.07 Å². The minimum absolute atomic E-state index is 0.144. The second-order valence-corrected chi connectivity index (χ2v) is 10.0. The third-order valence-electron chi connectivity index (χ3n) is 5.78. The molecule has 1 amide bonds. The first-order valence-corrected chi connectivity index (χ1v) is 12.2. The molecule has 1 heterocycles. The van der Waals surface area contributed by atoms with Crippen LogP contribution in [0.15, 0.2) is 23.1 Å². The molecule has 0 saturated heterocycles. The summed E-state index contributed by atoms with van der Waals surface area (Å²) in [4.78, 5) is 12.3. The van der Waals surface area contributed by atoms with Crippen molar-refractivity contribution in [1.29, 1.82) is 0 Å². The third kappa shape index (κ3) is 5.63. The Labute approximate surface area is 172 Å². The standard InChI is InChI=1S/C21H30N2O5S/c24-20(23-21(15-5-6-15)16-7-8-16)4-2-1-3-11-22-29(25,26)17-9-10-18-19(14-17)28-13-12-27-18/h9-10,14-16,21-22H,1-8,11-13H2,(H,23,24). The van der Waals surface area contributed by atoms with Gasteiger partial charge in [0.15, 0.2) is 11.5 Å². The van der Waals surface area contributed by atoms with Crippen molar-refractivity contribution < 1.29 is 22.7 Å². The molecule has 1 aromatic rings. The molecule has 0 spiro atoms. The molecule has 2 aliphatic carbocycles. The van der Waals surface area contributed by atoms with E-state index in [9.17, 15) is 13.2 Å². The summed E-state index contributed by atoms with van der Waals surface area (Å²) in [6.07, 6.45) is 7.83. The Hall–Kier alpha value is -1.80. The molecule has 7 nitrogen and oxygen atoms in total. The number of carbonyl (C=O) groups is 1. The number of hydrogen-bond acceptors (Lipinski definition) is 5. The number of ether oxygens (including phenoxy) is 2. The van der Waals surface area contributed by atoms with Gasteiger partial charge < -0.3 is 14.8 Å². The van der Waals surface area contributed by atoms with Crippen molar-refractivity contribution in [2.45, 2.75) is 62.3 Å². The lowest BCUT2D eigenvalue weighted by molar-refractivity contribution is -0.122. The Morgan fingerprint density at radius 1 is 1.00 bits per heavy atom. The summed E-state index contributed by atoms with van der Waals surface area (Å²) in [5.74, 6) is 2.59. The molecule has 0 bridgehead atoms. The van der Waals surface area contributed by atoms with E-state index < -0.39 is 10.0 Å². The number of nitrogens with one attached hydrogen (secondary N) is 2. The molecular weight excluding hydrogens is 392 g/mol. The number of unbranched alkanes of at least 4 members (excludes halogenated alkanes) is 2. The lowest BCUT2D eigenvalue weighted by atomic mass is 10.1. The van der Waals surface area contributed by atoms with Crippen LogP contribution in [0.2, 0.25) is 0 Å². The molecule has 160 valence electrons. The lowest BCUT2D eigenvalue weighted by Gasteiger charge is -2.19. The zero-order valence-corrected chi connectivity index (χ0v) is 17.5. The van der Waals surface area contributed by atoms with Crippen molar-refractivity contribution in [3.63, 3.8) is 0 Å². The molecule has 3 aliphatic rings. The molecule has 4 rings (SSSR count). The number of hydrogen-bond donors (Lipinski definition) is 2. The maximum absolute atomic E-state index is 12.4.